The maximum Gasteiger partial charge on any atom is 0.254 e. The Balaban J connectivity index is 1.59. The van der Waals surface area contributed by atoms with Gasteiger partial charge in [0.1, 0.15) is 0 Å². The van der Waals surface area contributed by atoms with Gasteiger partial charge in [-0.3, -0.25) is 14.6 Å². The molecule has 0 saturated carbocycles. The van der Waals surface area contributed by atoms with Crippen molar-refractivity contribution in [1.82, 2.24) is 9.88 Å². The molecular formula is C25H27N3O2. The molecule has 1 N–H and O–H groups in total. The van der Waals surface area contributed by atoms with Crippen molar-refractivity contribution in [3.63, 3.8) is 0 Å². The zero-order chi connectivity index (χ0) is 21.1. The highest BCUT2D eigenvalue weighted by Gasteiger charge is 2.30. The average molecular weight is 402 g/mol. The molecule has 5 heteroatoms. The Morgan fingerprint density at radius 3 is 2.60 bits per heavy atom. The smallest absolute Gasteiger partial charge is 0.254 e. The van der Waals surface area contributed by atoms with Crippen LogP contribution in [0, 0.1) is 12.8 Å². The molecule has 3 aromatic rings. The van der Waals surface area contributed by atoms with Crippen LogP contribution in [0.15, 0.2) is 54.6 Å². The second kappa shape index (κ2) is 8.66. The summed E-state index contributed by atoms with van der Waals surface area (Å²) < 4.78 is 0. The Morgan fingerprint density at radius 1 is 1.10 bits per heavy atom. The lowest BCUT2D eigenvalue weighted by atomic mass is 9.94. The molecule has 1 saturated heterocycles. The summed E-state index contributed by atoms with van der Waals surface area (Å²) in [6.07, 6.45) is 2.39. The van der Waals surface area contributed by atoms with Crippen LogP contribution in [-0.2, 0) is 11.2 Å². The summed E-state index contributed by atoms with van der Waals surface area (Å²) >= 11 is 0. The quantitative estimate of drug-likeness (QED) is 0.695. The van der Waals surface area contributed by atoms with Gasteiger partial charge in [0.05, 0.1) is 17.0 Å². The fourth-order valence-electron chi connectivity index (χ4n) is 4.28. The SMILES string of the molecule is CCc1nc2ccccc2c(C(=O)N2CCCC(C(=O)Nc3ccccc3)C2)c1C. The molecular weight excluding hydrogens is 374 g/mol. The first-order valence-corrected chi connectivity index (χ1v) is 10.6. The van der Waals surface area contributed by atoms with Gasteiger partial charge in [-0.2, -0.15) is 0 Å². The summed E-state index contributed by atoms with van der Waals surface area (Å²) in [5, 5.41) is 3.87. The van der Waals surface area contributed by atoms with E-state index in [1.165, 1.54) is 0 Å². The zero-order valence-corrected chi connectivity index (χ0v) is 17.5. The van der Waals surface area contributed by atoms with E-state index in [0.29, 0.717) is 13.1 Å². The van der Waals surface area contributed by atoms with Gasteiger partial charge in [-0.25, -0.2) is 0 Å². The van der Waals surface area contributed by atoms with Gasteiger partial charge >= 0.3 is 0 Å². The van der Waals surface area contributed by atoms with Crippen LogP contribution in [0.5, 0.6) is 0 Å². The average Bonchev–Trinajstić information content (AvgIpc) is 2.79. The number of anilines is 1. The summed E-state index contributed by atoms with van der Waals surface area (Å²) in [4.78, 5) is 33.0. The number of carbonyl (C=O) groups is 2. The number of aryl methyl sites for hydroxylation is 1. The van der Waals surface area contributed by atoms with Crippen molar-refractivity contribution in [2.45, 2.75) is 33.1 Å². The molecule has 0 aliphatic carbocycles. The number of hydrogen-bond acceptors (Lipinski definition) is 3. The molecule has 154 valence electrons. The van der Waals surface area contributed by atoms with Crippen molar-refractivity contribution in [1.29, 1.82) is 0 Å². The number of aromatic nitrogens is 1. The molecule has 1 fully saturated rings. The summed E-state index contributed by atoms with van der Waals surface area (Å²) in [6, 6.07) is 17.3. The van der Waals surface area contributed by atoms with Gasteiger partial charge in [0.2, 0.25) is 5.91 Å². The molecule has 1 aliphatic rings. The van der Waals surface area contributed by atoms with Crippen LogP contribution in [0.2, 0.25) is 0 Å². The highest BCUT2D eigenvalue weighted by atomic mass is 16.2. The molecule has 2 amide bonds. The maximum atomic E-state index is 13.6. The first-order valence-electron chi connectivity index (χ1n) is 10.6. The summed E-state index contributed by atoms with van der Waals surface area (Å²) in [5.74, 6) is -0.232. The van der Waals surface area contributed by atoms with Gasteiger partial charge < -0.3 is 10.2 Å². The molecule has 0 radical (unpaired) electrons. The van der Waals surface area contributed by atoms with Crippen LogP contribution in [0.1, 0.15) is 41.4 Å². The number of piperidine rings is 1. The zero-order valence-electron chi connectivity index (χ0n) is 17.5. The maximum absolute atomic E-state index is 13.6. The van der Waals surface area contributed by atoms with E-state index in [2.05, 4.69) is 12.2 Å². The second-order valence-electron chi connectivity index (χ2n) is 7.87. The monoisotopic (exact) mass is 401 g/mol. The second-order valence-corrected chi connectivity index (χ2v) is 7.87. The lowest BCUT2D eigenvalue weighted by Gasteiger charge is -2.33. The number of amides is 2. The molecule has 1 aliphatic heterocycles. The molecule has 30 heavy (non-hydrogen) atoms. The number of nitrogens with one attached hydrogen (secondary N) is 1. The van der Waals surface area contributed by atoms with Gasteiger partial charge in [0.15, 0.2) is 0 Å². The number of fused-ring (bicyclic) bond motifs is 1. The van der Waals surface area contributed by atoms with Crippen molar-refractivity contribution >= 4 is 28.4 Å². The van der Waals surface area contributed by atoms with Crippen molar-refractivity contribution < 1.29 is 9.59 Å². The first-order chi connectivity index (χ1) is 14.6. The number of nitrogens with zero attached hydrogens (tertiary/aromatic N) is 2. The lowest BCUT2D eigenvalue weighted by Crippen LogP contribution is -2.44. The molecule has 5 nitrogen and oxygen atoms in total. The van der Waals surface area contributed by atoms with Crippen LogP contribution in [0.3, 0.4) is 0 Å². The Labute approximate surface area is 177 Å². The molecule has 1 unspecified atom stereocenters. The van der Waals surface area contributed by atoms with Crippen LogP contribution >= 0.6 is 0 Å². The number of benzene rings is 2. The minimum Gasteiger partial charge on any atom is -0.338 e. The molecule has 4 rings (SSSR count). The van der Waals surface area contributed by atoms with E-state index in [4.69, 9.17) is 4.98 Å². The predicted octanol–water partition coefficient (Wildman–Crippen LogP) is 4.60. The van der Waals surface area contributed by atoms with E-state index >= 15 is 0 Å². The number of carbonyl (C=O) groups excluding carboxylic acids is 2. The van der Waals surface area contributed by atoms with Crippen LogP contribution < -0.4 is 5.32 Å². The minimum atomic E-state index is -0.207. The Morgan fingerprint density at radius 2 is 1.83 bits per heavy atom. The number of likely N-dealkylation sites (tertiary alicyclic amines) is 1. The van der Waals surface area contributed by atoms with Crippen molar-refractivity contribution in [3.8, 4) is 0 Å². The highest BCUT2D eigenvalue weighted by Crippen LogP contribution is 2.27. The standard InChI is InChI=1S/C25H27N3O2/c1-3-21-17(2)23(20-13-7-8-14-22(20)27-21)25(30)28-15-9-10-18(16-28)24(29)26-19-11-5-4-6-12-19/h4-8,11-14,18H,3,9-10,15-16H2,1-2H3,(H,26,29). The Hall–Kier alpha value is -3.21. The van der Waals surface area contributed by atoms with E-state index in [9.17, 15) is 9.59 Å². The third-order valence-corrected chi connectivity index (χ3v) is 5.91. The van der Waals surface area contributed by atoms with Crippen LogP contribution in [0.25, 0.3) is 10.9 Å². The first kappa shape index (κ1) is 20.1. The summed E-state index contributed by atoms with van der Waals surface area (Å²) in [6.45, 7) is 5.15. The molecule has 1 aromatic heterocycles. The lowest BCUT2D eigenvalue weighted by molar-refractivity contribution is -0.121. The van der Waals surface area contributed by atoms with Crippen molar-refractivity contribution in [2.24, 2.45) is 5.92 Å². The molecule has 1 atom stereocenters. The fraction of sp³-hybridized carbons (Fsp3) is 0.320. The number of hydrogen-bond donors (Lipinski definition) is 1. The summed E-state index contributed by atoms with van der Waals surface area (Å²) in [5.41, 5.74) is 4.25. The molecule has 2 heterocycles. The van der Waals surface area contributed by atoms with Crippen LogP contribution in [-0.4, -0.2) is 34.8 Å². The van der Waals surface area contributed by atoms with Gasteiger partial charge in [0.25, 0.3) is 5.91 Å². The molecule has 2 aromatic carbocycles. The molecule has 0 spiro atoms. The topological polar surface area (TPSA) is 62.3 Å². The van der Waals surface area contributed by atoms with E-state index < -0.39 is 0 Å². The van der Waals surface area contributed by atoms with Gasteiger partial charge in [-0.15, -0.1) is 0 Å². The fourth-order valence-corrected chi connectivity index (χ4v) is 4.28. The van der Waals surface area contributed by atoms with Crippen molar-refractivity contribution in [3.05, 3.63) is 71.4 Å². The third kappa shape index (κ3) is 3.92. The highest BCUT2D eigenvalue weighted by molar-refractivity contribution is 6.08. The van der Waals surface area contributed by atoms with Gasteiger partial charge in [-0.1, -0.05) is 43.3 Å². The van der Waals surface area contributed by atoms with Crippen molar-refractivity contribution in [2.75, 3.05) is 18.4 Å². The van der Waals surface area contributed by atoms with Crippen LogP contribution in [0.4, 0.5) is 5.69 Å². The van der Waals surface area contributed by atoms with E-state index in [1.54, 1.807) is 0 Å². The van der Waals surface area contributed by atoms with E-state index in [-0.39, 0.29) is 17.7 Å². The Bertz CT molecular complexity index is 1080. The Kier molecular flexibility index (Phi) is 5.79. The predicted molar refractivity (Wildman–Crippen MR) is 120 cm³/mol. The van der Waals surface area contributed by atoms with E-state index in [1.807, 2.05) is 66.4 Å². The van der Waals surface area contributed by atoms with Gasteiger partial charge in [0, 0.05) is 29.9 Å². The number of para-hydroxylation sites is 2. The molecule has 0 bridgehead atoms. The largest absolute Gasteiger partial charge is 0.338 e. The van der Waals surface area contributed by atoms with E-state index in [0.717, 1.165) is 52.7 Å². The third-order valence-electron chi connectivity index (χ3n) is 5.91. The summed E-state index contributed by atoms with van der Waals surface area (Å²) in [7, 11) is 0. The minimum absolute atomic E-state index is 0.00184. The number of pyridine rings is 1. The normalized spacial score (nSPS) is 16.5. The number of rotatable bonds is 4. The van der Waals surface area contributed by atoms with Gasteiger partial charge in [-0.05, 0) is 49.9 Å².